The third kappa shape index (κ3) is 2.56. The molecule has 16 heavy (non-hydrogen) atoms. The molecule has 2 bridgehead atoms. The summed E-state index contributed by atoms with van der Waals surface area (Å²) in [4.78, 5) is 2.34. The fraction of sp³-hybridized carbons (Fsp3) is 1.00. The maximum atomic E-state index is 9.51. The van der Waals surface area contributed by atoms with Gasteiger partial charge >= 0.3 is 0 Å². The van der Waals surface area contributed by atoms with E-state index in [2.05, 4.69) is 11.8 Å². The van der Waals surface area contributed by atoms with Gasteiger partial charge in [-0.2, -0.15) is 0 Å². The second-order valence-electron chi connectivity index (χ2n) is 5.11. The van der Waals surface area contributed by atoms with Crippen molar-refractivity contribution in [2.75, 3.05) is 19.7 Å². The van der Waals surface area contributed by atoms with Crippen LogP contribution in [-0.4, -0.2) is 54.0 Å². The fourth-order valence-electron chi connectivity index (χ4n) is 2.96. The Hall–Kier alpha value is -0.160. The third-order valence-electron chi connectivity index (χ3n) is 3.84. The number of nitrogens with zero attached hydrogens (tertiary/aromatic N) is 1. The molecule has 4 atom stereocenters. The summed E-state index contributed by atoms with van der Waals surface area (Å²) in [6.45, 7) is 4.19. The minimum Gasteiger partial charge on any atom is -0.395 e. The zero-order chi connectivity index (χ0) is 11.5. The summed E-state index contributed by atoms with van der Waals surface area (Å²) in [7, 11) is 0. The van der Waals surface area contributed by atoms with Crippen molar-refractivity contribution in [2.45, 2.75) is 56.9 Å². The third-order valence-corrected chi connectivity index (χ3v) is 3.84. The van der Waals surface area contributed by atoms with Gasteiger partial charge in [0.15, 0.2) is 0 Å². The molecule has 2 heterocycles. The Morgan fingerprint density at radius 1 is 1.38 bits per heavy atom. The number of rotatable bonds is 5. The molecular formula is C12H24N2O2. The van der Waals surface area contributed by atoms with Crippen LogP contribution in [0.3, 0.4) is 0 Å². The SMILES string of the molecule is CCCC(N)C(CO)N1CC2CCC(C1)O2. The van der Waals surface area contributed by atoms with Crippen LogP contribution in [0, 0.1) is 0 Å². The Morgan fingerprint density at radius 3 is 2.50 bits per heavy atom. The van der Waals surface area contributed by atoms with Crippen molar-refractivity contribution in [3.8, 4) is 0 Å². The van der Waals surface area contributed by atoms with E-state index in [1.165, 1.54) is 12.8 Å². The van der Waals surface area contributed by atoms with Crippen molar-refractivity contribution in [3.63, 3.8) is 0 Å². The summed E-state index contributed by atoms with van der Waals surface area (Å²) >= 11 is 0. The maximum Gasteiger partial charge on any atom is 0.0707 e. The smallest absolute Gasteiger partial charge is 0.0707 e. The van der Waals surface area contributed by atoms with Crippen LogP contribution in [0.1, 0.15) is 32.6 Å². The quantitative estimate of drug-likeness (QED) is 0.712. The van der Waals surface area contributed by atoms with E-state index in [0.29, 0.717) is 12.2 Å². The van der Waals surface area contributed by atoms with E-state index < -0.39 is 0 Å². The van der Waals surface area contributed by atoms with Crippen molar-refractivity contribution in [2.24, 2.45) is 5.73 Å². The lowest BCUT2D eigenvalue weighted by Crippen LogP contribution is -2.56. The van der Waals surface area contributed by atoms with Crippen molar-refractivity contribution < 1.29 is 9.84 Å². The van der Waals surface area contributed by atoms with Gasteiger partial charge in [0, 0.05) is 25.2 Å². The van der Waals surface area contributed by atoms with E-state index in [9.17, 15) is 5.11 Å². The normalized spacial score (nSPS) is 33.9. The molecule has 2 aliphatic rings. The molecular weight excluding hydrogens is 204 g/mol. The lowest BCUT2D eigenvalue weighted by atomic mass is 10.0. The number of nitrogens with two attached hydrogens (primary N) is 1. The van der Waals surface area contributed by atoms with Gasteiger partial charge in [0.05, 0.1) is 18.8 Å². The van der Waals surface area contributed by atoms with Gasteiger partial charge in [-0.25, -0.2) is 0 Å². The highest BCUT2D eigenvalue weighted by Crippen LogP contribution is 2.28. The first-order chi connectivity index (χ1) is 7.74. The largest absolute Gasteiger partial charge is 0.395 e. The van der Waals surface area contributed by atoms with Crippen molar-refractivity contribution >= 4 is 0 Å². The minimum absolute atomic E-state index is 0.0903. The van der Waals surface area contributed by atoms with Crippen molar-refractivity contribution in [1.29, 1.82) is 0 Å². The molecule has 2 fully saturated rings. The Kier molecular flexibility index (Phi) is 4.19. The van der Waals surface area contributed by atoms with Crippen LogP contribution in [-0.2, 0) is 4.74 Å². The van der Waals surface area contributed by atoms with Crippen LogP contribution in [0.25, 0.3) is 0 Å². The van der Waals surface area contributed by atoms with Crippen LogP contribution in [0.15, 0.2) is 0 Å². The number of fused-ring (bicyclic) bond motifs is 2. The maximum absolute atomic E-state index is 9.51. The standard InChI is InChI=1S/C12H24N2O2/c1-2-3-11(13)12(8-15)14-6-9-4-5-10(7-14)16-9/h9-12,15H,2-8,13H2,1H3. The molecule has 0 aromatic heterocycles. The number of aliphatic hydroxyl groups excluding tert-OH is 1. The first-order valence-corrected chi connectivity index (χ1v) is 6.50. The van der Waals surface area contributed by atoms with E-state index in [0.717, 1.165) is 25.9 Å². The van der Waals surface area contributed by atoms with Gasteiger partial charge in [-0.15, -0.1) is 0 Å². The Labute approximate surface area is 97.7 Å². The number of morpholine rings is 1. The van der Waals surface area contributed by atoms with Gasteiger partial charge in [0.1, 0.15) is 0 Å². The summed E-state index contributed by atoms with van der Waals surface area (Å²) in [5.74, 6) is 0. The number of hydrogen-bond acceptors (Lipinski definition) is 4. The molecule has 0 aromatic carbocycles. The molecule has 94 valence electrons. The van der Waals surface area contributed by atoms with Crippen LogP contribution < -0.4 is 5.73 Å². The molecule has 4 heteroatoms. The average molecular weight is 228 g/mol. The second-order valence-corrected chi connectivity index (χ2v) is 5.11. The molecule has 4 nitrogen and oxygen atoms in total. The molecule has 2 aliphatic heterocycles. The molecule has 0 aromatic rings. The highest BCUT2D eigenvalue weighted by Gasteiger charge is 2.37. The topological polar surface area (TPSA) is 58.7 Å². The highest BCUT2D eigenvalue weighted by molar-refractivity contribution is 4.91. The number of hydrogen-bond donors (Lipinski definition) is 2. The van der Waals surface area contributed by atoms with E-state index in [1.807, 2.05) is 0 Å². The fourth-order valence-corrected chi connectivity index (χ4v) is 2.96. The first kappa shape index (κ1) is 12.3. The molecule has 0 aliphatic carbocycles. The average Bonchev–Trinajstić information content (AvgIpc) is 2.59. The highest BCUT2D eigenvalue weighted by atomic mass is 16.5. The molecule has 4 unspecified atom stereocenters. The van der Waals surface area contributed by atoms with Crippen molar-refractivity contribution in [3.05, 3.63) is 0 Å². The van der Waals surface area contributed by atoms with Gasteiger partial charge in [-0.05, 0) is 19.3 Å². The van der Waals surface area contributed by atoms with E-state index in [-0.39, 0.29) is 18.7 Å². The van der Waals surface area contributed by atoms with E-state index >= 15 is 0 Å². The number of likely N-dealkylation sites (tertiary alicyclic amines) is 1. The molecule has 0 radical (unpaired) electrons. The van der Waals surface area contributed by atoms with Gasteiger partial charge in [-0.1, -0.05) is 13.3 Å². The summed E-state index contributed by atoms with van der Waals surface area (Å²) in [6.07, 6.45) is 5.15. The monoisotopic (exact) mass is 228 g/mol. The molecule has 2 saturated heterocycles. The first-order valence-electron chi connectivity index (χ1n) is 6.50. The van der Waals surface area contributed by atoms with Crippen molar-refractivity contribution in [1.82, 2.24) is 4.90 Å². The summed E-state index contributed by atoms with van der Waals surface area (Å²) < 4.78 is 5.80. The van der Waals surface area contributed by atoms with Gasteiger partial charge < -0.3 is 15.6 Å². The van der Waals surface area contributed by atoms with Gasteiger partial charge in [-0.3, -0.25) is 4.90 Å². The Bertz CT molecular complexity index is 213. The van der Waals surface area contributed by atoms with E-state index in [1.54, 1.807) is 0 Å². The number of aliphatic hydroxyl groups is 1. The molecule has 0 spiro atoms. The molecule has 2 rings (SSSR count). The summed E-state index contributed by atoms with van der Waals surface area (Å²) in [6, 6.07) is 0.208. The predicted octanol–water partition coefficient (Wildman–Crippen LogP) is 0.338. The van der Waals surface area contributed by atoms with Crippen LogP contribution >= 0.6 is 0 Å². The lowest BCUT2D eigenvalue weighted by Gasteiger charge is -2.39. The van der Waals surface area contributed by atoms with E-state index in [4.69, 9.17) is 10.5 Å². The number of ether oxygens (including phenoxy) is 1. The Balaban J connectivity index is 1.93. The molecule has 0 amide bonds. The van der Waals surface area contributed by atoms with Crippen LogP contribution in [0.5, 0.6) is 0 Å². The zero-order valence-electron chi connectivity index (χ0n) is 10.1. The second kappa shape index (κ2) is 5.45. The minimum atomic E-state index is 0.0903. The van der Waals surface area contributed by atoms with Crippen LogP contribution in [0.4, 0.5) is 0 Å². The van der Waals surface area contributed by atoms with Gasteiger partial charge in [0.25, 0.3) is 0 Å². The summed E-state index contributed by atoms with van der Waals surface area (Å²) in [5, 5.41) is 9.51. The molecule has 0 saturated carbocycles. The molecule has 3 N–H and O–H groups in total. The zero-order valence-corrected chi connectivity index (χ0v) is 10.1. The lowest BCUT2D eigenvalue weighted by molar-refractivity contribution is -0.0636. The van der Waals surface area contributed by atoms with Crippen LogP contribution in [0.2, 0.25) is 0 Å². The summed E-state index contributed by atoms with van der Waals surface area (Å²) in [5.41, 5.74) is 6.14. The van der Waals surface area contributed by atoms with Gasteiger partial charge in [0.2, 0.25) is 0 Å². The predicted molar refractivity (Wildman–Crippen MR) is 63.2 cm³/mol. The Morgan fingerprint density at radius 2 is 2.00 bits per heavy atom.